The number of aromatic nitrogens is 2. The number of carbonyl (C=O) groups is 1. The molecule has 5 nitrogen and oxygen atoms in total. The molecule has 126 valence electrons. The van der Waals surface area contributed by atoms with Crippen molar-refractivity contribution in [1.29, 1.82) is 0 Å². The topological polar surface area (TPSA) is 67.0 Å². The van der Waals surface area contributed by atoms with Crippen LogP contribution in [-0.4, -0.2) is 22.7 Å². The van der Waals surface area contributed by atoms with Gasteiger partial charge in [0, 0.05) is 11.1 Å². The van der Waals surface area contributed by atoms with Crippen LogP contribution < -0.4 is 10.1 Å². The summed E-state index contributed by atoms with van der Waals surface area (Å²) >= 11 is 0. The maximum absolute atomic E-state index is 12.3. The van der Waals surface area contributed by atoms with Crippen molar-refractivity contribution in [2.24, 2.45) is 0 Å². The number of ether oxygens (including phenoxy) is 1. The molecule has 0 fully saturated rings. The van der Waals surface area contributed by atoms with Gasteiger partial charge in [0.15, 0.2) is 0 Å². The molecule has 25 heavy (non-hydrogen) atoms. The van der Waals surface area contributed by atoms with Crippen molar-refractivity contribution in [3.05, 3.63) is 70.9 Å². The Morgan fingerprint density at radius 1 is 1.08 bits per heavy atom. The van der Waals surface area contributed by atoms with E-state index in [0.29, 0.717) is 12.3 Å². The molecule has 4 rings (SSSR count). The molecular formula is C20H19N3O2. The van der Waals surface area contributed by atoms with Crippen molar-refractivity contribution >= 4 is 5.91 Å². The summed E-state index contributed by atoms with van der Waals surface area (Å²) < 4.78 is 5.50. The highest BCUT2D eigenvalue weighted by atomic mass is 16.5. The monoisotopic (exact) mass is 333 g/mol. The van der Waals surface area contributed by atoms with E-state index in [9.17, 15) is 4.79 Å². The number of hydrogen-bond acceptors (Lipinski definition) is 3. The molecule has 1 unspecified atom stereocenters. The van der Waals surface area contributed by atoms with E-state index in [2.05, 4.69) is 15.5 Å². The van der Waals surface area contributed by atoms with E-state index in [4.69, 9.17) is 4.74 Å². The smallest absolute Gasteiger partial charge is 0.270 e. The molecule has 0 aliphatic carbocycles. The van der Waals surface area contributed by atoms with E-state index >= 15 is 0 Å². The Hall–Kier alpha value is -3.08. The minimum atomic E-state index is -0.215. The fraction of sp³-hybridized carbons (Fsp3) is 0.200. The molecule has 0 saturated carbocycles. The van der Waals surface area contributed by atoms with Gasteiger partial charge in [-0.1, -0.05) is 42.0 Å². The van der Waals surface area contributed by atoms with Gasteiger partial charge in [-0.25, -0.2) is 0 Å². The van der Waals surface area contributed by atoms with Gasteiger partial charge in [-0.05, 0) is 31.5 Å². The van der Waals surface area contributed by atoms with Crippen LogP contribution in [0.15, 0.2) is 48.5 Å². The first-order valence-electron chi connectivity index (χ1n) is 8.36. The van der Waals surface area contributed by atoms with Crippen molar-refractivity contribution in [3.63, 3.8) is 0 Å². The Bertz CT molecular complexity index is 911. The van der Waals surface area contributed by atoms with Crippen molar-refractivity contribution in [2.75, 3.05) is 6.61 Å². The Kier molecular flexibility index (Phi) is 3.76. The largest absolute Gasteiger partial charge is 0.494 e. The highest BCUT2D eigenvalue weighted by molar-refractivity contribution is 6.00. The van der Waals surface area contributed by atoms with Gasteiger partial charge in [-0.3, -0.25) is 9.89 Å². The number of fused-ring (bicyclic) bond motifs is 1. The molecule has 3 aromatic rings. The molecule has 5 heteroatoms. The Morgan fingerprint density at radius 2 is 1.80 bits per heavy atom. The molecule has 2 aromatic carbocycles. The summed E-state index contributed by atoms with van der Waals surface area (Å²) in [5, 5.41) is 10.3. The lowest BCUT2D eigenvalue weighted by Crippen LogP contribution is -2.21. The summed E-state index contributed by atoms with van der Waals surface area (Å²) in [6.45, 7) is 4.63. The first-order valence-corrected chi connectivity index (χ1v) is 8.36. The number of rotatable bonds is 4. The zero-order chi connectivity index (χ0) is 17.4. The van der Waals surface area contributed by atoms with Gasteiger partial charge < -0.3 is 10.1 Å². The highest BCUT2D eigenvalue weighted by Gasteiger charge is 2.35. The number of nitrogens with zero attached hydrogens (tertiary/aromatic N) is 1. The summed E-state index contributed by atoms with van der Waals surface area (Å²) in [5.41, 5.74) is 5.44. The molecule has 1 atom stereocenters. The zero-order valence-corrected chi connectivity index (χ0v) is 14.2. The predicted octanol–water partition coefficient (Wildman–Crippen LogP) is 3.62. The molecule has 0 bridgehead atoms. The number of aryl methyl sites for hydroxylation is 1. The fourth-order valence-electron chi connectivity index (χ4n) is 3.18. The predicted molar refractivity (Wildman–Crippen MR) is 95.7 cm³/mol. The van der Waals surface area contributed by atoms with Crippen molar-refractivity contribution in [2.45, 2.75) is 19.9 Å². The summed E-state index contributed by atoms with van der Waals surface area (Å²) in [7, 11) is 0. The van der Waals surface area contributed by atoms with Gasteiger partial charge >= 0.3 is 0 Å². The third kappa shape index (κ3) is 2.67. The number of amides is 1. The molecule has 1 aliphatic heterocycles. The van der Waals surface area contributed by atoms with Gasteiger partial charge in [0.2, 0.25) is 0 Å². The van der Waals surface area contributed by atoms with Crippen LogP contribution in [0, 0.1) is 6.92 Å². The summed E-state index contributed by atoms with van der Waals surface area (Å²) in [6, 6.07) is 15.8. The molecule has 1 amide bonds. The first-order chi connectivity index (χ1) is 12.2. The van der Waals surface area contributed by atoms with E-state index in [1.165, 1.54) is 5.56 Å². The maximum Gasteiger partial charge on any atom is 0.270 e. The van der Waals surface area contributed by atoms with Crippen LogP contribution in [0.5, 0.6) is 5.75 Å². The van der Waals surface area contributed by atoms with E-state index in [-0.39, 0.29) is 11.9 Å². The van der Waals surface area contributed by atoms with Gasteiger partial charge in [0.05, 0.1) is 18.3 Å². The average molecular weight is 333 g/mol. The lowest BCUT2D eigenvalue weighted by molar-refractivity contribution is 0.0955. The maximum atomic E-state index is 12.3. The van der Waals surface area contributed by atoms with Crippen molar-refractivity contribution in [1.82, 2.24) is 15.5 Å². The quantitative estimate of drug-likeness (QED) is 0.766. The number of aromatic amines is 1. The third-order valence-electron chi connectivity index (χ3n) is 4.44. The third-order valence-corrected chi connectivity index (χ3v) is 4.44. The van der Waals surface area contributed by atoms with Crippen molar-refractivity contribution in [3.8, 4) is 17.0 Å². The molecule has 0 saturated heterocycles. The standard InChI is InChI=1S/C20H19N3O2/c1-3-25-15-10-8-13(9-11-15)17-16-18(14-6-4-12(2)5-7-14)22-23-19(16)20(24)21-17/h4-11,17H,3H2,1-2H3,(H,21,24)(H,22,23). The number of hydrogen-bond donors (Lipinski definition) is 2. The van der Waals surface area contributed by atoms with Gasteiger partial charge in [0.1, 0.15) is 11.4 Å². The van der Waals surface area contributed by atoms with Crippen LogP contribution in [0.2, 0.25) is 0 Å². The van der Waals surface area contributed by atoms with Gasteiger partial charge in [-0.15, -0.1) is 0 Å². The minimum Gasteiger partial charge on any atom is -0.494 e. The Balaban J connectivity index is 1.75. The minimum absolute atomic E-state index is 0.125. The van der Waals surface area contributed by atoms with E-state index < -0.39 is 0 Å². The summed E-state index contributed by atoms with van der Waals surface area (Å²) in [4.78, 5) is 12.3. The van der Waals surface area contributed by atoms with E-state index in [1.54, 1.807) is 0 Å². The normalized spacial score (nSPS) is 15.8. The number of benzene rings is 2. The second-order valence-corrected chi connectivity index (χ2v) is 6.14. The number of H-pyrrole nitrogens is 1. The first kappa shape index (κ1) is 15.4. The van der Waals surface area contributed by atoms with Gasteiger partial charge in [0.25, 0.3) is 5.91 Å². The van der Waals surface area contributed by atoms with Crippen LogP contribution in [-0.2, 0) is 0 Å². The molecule has 1 aliphatic rings. The molecule has 2 heterocycles. The van der Waals surface area contributed by atoms with Crippen LogP contribution in [0.1, 0.15) is 40.1 Å². The Labute approximate surface area is 146 Å². The SMILES string of the molecule is CCOc1ccc(C2NC(=O)c3[nH]nc(-c4ccc(C)cc4)c32)cc1. The van der Waals surface area contributed by atoms with E-state index in [1.807, 2.05) is 62.4 Å². The second-order valence-electron chi connectivity index (χ2n) is 6.14. The van der Waals surface area contributed by atoms with Crippen LogP contribution >= 0.6 is 0 Å². The van der Waals surface area contributed by atoms with Crippen LogP contribution in [0.25, 0.3) is 11.3 Å². The average Bonchev–Trinajstić information content (AvgIpc) is 3.19. The molecule has 0 radical (unpaired) electrons. The van der Waals surface area contributed by atoms with Crippen LogP contribution in [0.3, 0.4) is 0 Å². The van der Waals surface area contributed by atoms with E-state index in [0.717, 1.165) is 28.1 Å². The zero-order valence-electron chi connectivity index (χ0n) is 14.2. The second kappa shape index (κ2) is 6.09. The Morgan fingerprint density at radius 3 is 2.48 bits per heavy atom. The van der Waals surface area contributed by atoms with Gasteiger partial charge in [-0.2, -0.15) is 5.10 Å². The summed E-state index contributed by atoms with van der Waals surface area (Å²) in [5.74, 6) is 0.696. The number of carbonyl (C=O) groups excluding carboxylic acids is 1. The molecule has 1 aromatic heterocycles. The molecular weight excluding hydrogens is 314 g/mol. The fourth-order valence-corrected chi connectivity index (χ4v) is 3.18. The number of nitrogens with one attached hydrogen (secondary N) is 2. The molecule has 0 spiro atoms. The highest BCUT2D eigenvalue weighted by Crippen LogP contribution is 2.37. The summed E-state index contributed by atoms with van der Waals surface area (Å²) in [6.07, 6.45) is 0. The lowest BCUT2D eigenvalue weighted by atomic mass is 9.96. The van der Waals surface area contributed by atoms with Crippen LogP contribution in [0.4, 0.5) is 0 Å². The van der Waals surface area contributed by atoms with Crippen molar-refractivity contribution < 1.29 is 9.53 Å². The molecule has 2 N–H and O–H groups in total. The lowest BCUT2D eigenvalue weighted by Gasteiger charge is -2.14.